The Hall–Kier alpha value is -2.73. The third-order valence-electron chi connectivity index (χ3n) is 6.85. The number of nitrogens with one attached hydrogen (secondary N) is 2. The molecule has 1 aliphatic heterocycles. The number of fused-ring (bicyclic) bond motifs is 1. The van der Waals surface area contributed by atoms with Crippen molar-refractivity contribution in [1.29, 1.82) is 0 Å². The summed E-state index contributed by atoms with van der Waals surface area (Å²) in [6.07, 6.45) is 4.05. The number of ether oxygens (including phenoxy) is 2. The van der Waals surface area contributed by atoms with Gasteiger partial charge in [-0.25, -0.2) is 4.79 Å². The smallest absolute Gasteiger partial charge is 0.319 e. The van der Waals surface area contributed by atoms with Crippen molar-refractivity contribution in [2.24, 2.45) is 0 Å². The number of urea groups is 1. The monoisotopic (exact) mass is 409 g/mol. The number of hydrogen-bond donors (Lipinski definition) is 2. The minimum atomic E-state index is -0.134. The Balaban J connectivity index is 1.49. The van der Waals surface area contributed by atoms with E-state index in [4.69, 9.17) is 9.47 Å². The predicted molar refractivity (Wildman–Crippen MR) is 118 cm³/mol. The van der Waals surface area contributed by atoms with Crippen molar-refractivity contribution in [1.82, 2.24) is 10.2 Å². The fraction of sp³-hybridized carbons (Fsp3) is 0.458. The van der Waals surface area contributed by atoms with Crippen LogP contribution < -0.4 is 20.1 Å². The number of methoxy groups -OCH3 is 2. The number of anilines is 1. The molecule has 1 saturated carbocycles. The van der Waals surface area contributed by atoms with Crippen LogP contribution in [0.15, 0.2) is 48.5 Å². The fourth-order valence-electron chi connectivity index (χ4n) is 5.27. The molecule has 160 valence electrons. The number of benzene rings is 2. The van der Waals surface area contributed by atoms with Crippen LogP contribution in [0.2, 0.25) is 0 Å². The van der Waals surface area contributed by atoms with E-state index < -0.39 is 0 Å². The predicted octanol–water partition coefficient (Wildman–Crippen LogP) is 4.02. The number of likely N-dealkylation sites (N-methyl/N-ethyl adjacent to an activating group) is 1. The fourth-order valence-corrected chi connectivity index (χ4v) is 5.27. The Kier molecular flexibility index (Phi) is 5.86. The quantitative estimate of drug-likeness (QED) is 0.783. The topological polar surface area (TPSA) is 62.8 Å². The van der Waals surface area contributed by atoms with Crippen LogP contribution in [0.3, 0.4) is 0 Å². The molecule has 1 saturated heterocycles. The molecule has 1 heterocycles. The highest BCUT2D eigenvalue weighted by molar-refractivity contribution is 5.89. The largest absolute Gasteiger partial charge is 0.493 e. The van der Waals surface area contributed by atoms with Crippen LogP contribution in [0, 0.1) is 0 Å². The van der Waals surface area contributed by atoms with Gasteiger partial charge < -0.3 is 25.0 Å². The van der Waals surface area contributed by atoms with E-state index in [0.717, 1.165) is 49.4 Å². The lowest BCUT2D eigenvalue weighted by atomic mass is 9.65. The molecule has 3 unspecified atom stereocenters. The molecule has 6 nitrogen and oxygen atoms in total. The van der Waals surface area contributed by atoms with Crippen LogP contribution in [-0.4, -0.2) is 50.8 Å². The summed E-state index contributed by atoms with van der Waals surface area (Å²) >= 11 is 0. The molecule has 2 N–H and O–H groups in total. The summed E-state index contributed by atoms with van der Waals surface area (Å²) in [5, 5.41) is 6.12. The summed E-state index contributed by atoms with van der Waals surface area (Å²) in [6, 6.07) is 16.3. The van der Waals surface area contributed by atoms with Crippen molar-refractivity contribution >= 4 is 11.7 Å². The third-order valence-corrected chi connectivity index (χ3v) is 6.85. The van der Waals surface area contributed by atoms with Gasteiger partial charge in [0.05, 0.1) is 14.2 Å². The summed E-state index contributed by atoms with van der Waals surface area (Å²) < 4.78 is 11.0. The highest BCUT2D eigenvalue weighted by Gasteiger charge is 2.50. The molecule has 2 aliphatic rings. The van der Waals surface area contributed by atoms with E-state index in [1.54, 1.807) is 14.2 Å². The Bertz CT molecular complexity index is 889. The Morgan fingerprint density at radius 1 is 1.07 bits per heavy atom. The molecule has 2 fully saturated rings. The van der Waals surface area contributed by atoms with Crippen LogP contribution >= 0.6 is 0 Å². The molecule has 2 aromatic rings. The van der Waals surface area contributed by atoms with Crippen LogP contribution in [-0.2, 0) is 5.41 Å². The summed E-state index contributed by atoms with van der Waals surface area (Å²) in [5.74, 6) is 1.54. The van der Waals surface area contributed by atoms with E-state index in [-0.39, 0.29) is 17.5 Å². The van der Waals surface area contributed by atoms with Crippen molar-refractivity contribution < 1.29 is 14.3 Å². The van der Waals surface area contributed by atoms with Crippen molar-refractivity contribution in [3.63, 3.8) is 0 Å². The van der Waals surface area contributed by atoms with Gasteiger partial charge >= 0.3 is 6.03 Å². The summed E-state index contributed by atoms with van der Waals surface area (Å²) in [7, 11) is 5.54. The maximum absolute atomic E-state index is 12.5. The summed E-state index contributed by atoms with van der Waals surface area (Å²) in [5.41, 5.74) is 2.20. The van der Waals surface area contributed by atoms with Gasteiger partial charge in [0.1, 0.15) is 0 Å². The van der Waals surface area contributed by atoms with Crippen LogP contribution in [0.4, 0.5) is 10.5 Å². The zero-order valence-electron chi connectivity index (χ0n) is 18.0. The van der Waals surface area contributed by atoms with Crippen LogP contribution in [0.1, 0.15) is 31.2 Å². The normalized spacial score (nSPS) is 26.0. The minimum Gasteiger partial charge on any atom is -0.493 e. The number of nitrogens with zero attached hydrogens (tertiary/aromatic N) is 1. The number of carbonyl (C=O) groups is 1. The van der Waals surface area contributed by atoms with Gasteiger partial charge in [0.2, 0.25) is 0 Å². The van der Waals surface area contributed by atoms with E-state index in [1.807, 2.05) is 36.4 Å². The van der Waals surface area contributed by atoms with E-state index in [0.29, 0.717) is 6.04 Å². The maximum atomic E-state index is 12.5. The molecular weight excluding hydrogens is 378 g/mol. The number of rotatable bonds is 5. The van der Waals surface area contributed by atoms with Gasteiger partial charge in [0.25, 0.3) is 0 Å². The molecule has 0 bridgehead atoms. The van der Waals surface area contributed by atoms with Crippen LogP contribution in [0.5, 0.6) is 11.5 Å². The molecule has 0 radical (unpaired) electrons. The number of amides is 2. The minimum absolute atomic E-state index is 0.0857. The molecule has 1 aliphatic carbocycles. The lowest BCUT2D eigenvalue weighted by Crippen LogP contribution is -2.52. The first-order valence-electron chi connectivity index (χ1n) is 10.6. The van der Waals surface area contributed by atoms with E-state index in [2.05, 4.69) is 34.7 Å². The number of hydrogen-bond acceptors (Lipinski definition) is 4. The molecule has 0 spiro atoms. The average molecular weight is 410 g/mol. The van der Waals surface area contributed by atoms with Gasteiger partial charge in [-0.2, -0.15) is 0 Å². The van der Waals surface area contributed by atoms with E-state index in [1.165, 1.54) is 5.56 Å². The highest BCUT2D eigenvalue weighted by Crippen LogP contribution is 2.49. The van der Waals surface area contributed by atoms with Crippen molar-refractivity contribution in [3.05, 3.63) is 54.1 Å². The van der Waals surface area contributed by atoms with Gasteiger partial charge in [0, 0.05) is 23.2 Å². The lowest BCUT2D eigenvalue weighted by Gasteiger charge is -2.45. The Morgan fingerprint density at radius 2 is 1.83 bits per heavy atom. The number of carbonyl (C=O) groups excluding carboxylic acids is 1. The van der Waals surface area contributed by atoms with E-state index in [9.17, 15) is 4.79 Å². The summed E-state index contributed by atoms with van der Waals surface area (Å²) in [4.78, 5) is 14.9. The van der Waals surface area contributed by atoms with Gasteiger partial charge in [-0.1, -0.05) is 24.3 Å². The van der Waals surface area contributed by atoms with Gasteiger partial charge in [-0.3, -0.25) is 0 Å². The molecule has 30 heavy (non-hydrogen) atoms. The standard InChI is InChI=1S/C24H31N3O3/c1-27-14-13-24(17-9-10-20(29-2)21(15-17)30-3)12-11-19(16-22(24)27)26-23(28)25-18-7-5-4-6-8-18/h4-10,15,19,22H,11-14,16H2,1-3H3,(H2,25,26,28). The third kappa shape index (κ3) is 3.84. The summed E-state index contributed by atoms with van der Waals surface area (Å²) in [6.45, 7) is 1.06. The van der Waals surface area contributed by atoms with E-state index >= 15 is 0 Å². The molecule has 2 aromatic carbocycles. The zero-order chi connectivity index (χ0) is 21.1. The van der Waals surface area contributed by atoms with Gasteiger partial charge in [0.15, 0.2) is 11.5 Å². The second-order valence-electron chi connectivity index (χ2n) is 8.41. The van der Waals surface area contributed by atoms with Crippen molar-refractivity contribution in [3.8, 4) is 11.5 Å². The maximum Gasteiger partial charge on any atom is 0.319 e. The first kappa shape index (κ1) is 20.5. The first-order chi connectivity index (χ1) is 14.6. The molecule has 4 rings (SSSR count). The average Bonchev–Trinajstić information content (AvgIpc) is 3.11. The Labute approximate surface area is 178 Å². The molecular formula is C24H31N3O3. The van der Waals surface area contributed by atoms with Crippen molar-refractivity contribution in [2.45, 2.75) is 43.2 Å². The molecule has 0 aromatic heterocycles. The van der Waals surface area contributed by atoms with Gasteiger partial charge in [-0.05, 0) is 69.1 Å². The lowest BCUT2D eigenvalue weighted by molar-refractivity contribution is 0.156. The second kappa shape index (κ2) is 8.56. The molecule has 2 amide bonds. The highest BCUT2D eigenvalue weighted by atomic mass is 16.5. The van der Waals surface area contributed by atoms with Crippen molar-refractivity contribution in [2.75, 3.05) is 33.1 Å². The Morgan fingerprint density at radius 3 is 2.57 bits per heavy atom. The first-order valence-corrected chi connectivity index (χ1v) is 10.6. The van der Waals surface area contributed by atoms with Crippen LogP contribution in [0.25, 0.3) is 0 Å². The second-order valence-corrected chi connectivity index (χ2v) is 8.41. The zero-order valence-corrected chi connectivity index (χ0v) is 18.0. The van der Waals surface area contributed by atoms with Gasteiger partial charge in [-0.15, -0.1) is 0 Å². The number of para-hydroxylation sites is 1. The molecule has 6 heteroatoms. The molecule has 3 atom stereocenters. The number of likely N-dealkylation sites (tertiary alicyclic amines) is 1. The SMILES string of the molecule is COc1ccc(C23CCC(NC(=O)Nc4ccccc4)CC2N(C)CC3)cc1OC.